The molecule has 0 aliphatic heterocycles. The van der Waals surface area contributed by atoms with Crippen molar-refractivity contribution < 1.29 is 14.4 Å². The van der Waals surface area contributed by atoms with Crippen LogP contribution in [0.25, 0.3) is 0 Å². The van der Waals surface area contributed by atoms with Gasteiger partial charge >= 0.3 is 0 Å². The number of rotatable bonds is 9. The summed E-state index contributed by atoms with van der Waals surface area (Å²) in [6.45, 7) is 10.4. The molecule has 0 bridgehead atoms. The quantitative estimate of drug-likeness (QED) is 0.212. The van der Waals surface area contributed by atoms with Crippen molar-refractivity contribution in [2.45, 2.75) is 33.6 Å². The van der Waals surface area contributed by atoms with Gasteiger partial charge in [-0.25, -0.2) is 5.48 Å². The highest BCUT2D eigenvalue weighted by atomic mass is 32.2. The summed E-state index contributed by atoms with van der Waals surface area (Å²) in [7, 11) is 3.28. The standard InChI is InChI=1S/C10H15NOS.C7H10OS.C2H7NO/c1-3-4-5-11-10(12)9-6-8(2)13-7-9;1-3-7(5-8)6-9-4-2;1-3-4-2/h6-7H,3-5H2,1-2H3,(H,11,12);3,5-6H,1,4H2,2H3;3H,1-2H3/b;7-6+;. The maximum Gasteiger partial charge on any atom is 0.252 e. The first-order chi connectivity index (χ1) is 12.5. The van der Waals surface area contributed by atoms with Crippen molar-refractivity contribution in [3.8, 4) is 0 Å². The number of hydroxylamine groups is 1. The van der Waals surface area contributed by atoms with E-state index in [1.807, 2.05) is 25.3 Å². The zero-order valence-corrected chi connectivity index (χ0v) is 18.1. The number of thiophene rings is 1. The number of aldehydes is 1. The van der Waals surface area contributed by atoms with Crippen LogP contribution >= 0.6 is 23.1 Å². The zero-order valence-electron chi connectivity index (χ0n) is 16.5. The zero-order chi connectivity index (χ0) is 20.2. The lowest BCUT2D eigenvalue weighted by molar-refractivity contribution is -0.104. The van der Waals surface area contributed by atoms with Crippen LogP contribution in [0, 0.1) is 6.92 Å². The minimum absolute atomic E-state index is 0.0535. The number of unbranched alkanes of at least 4 members (excludes halogenated alkanes) is 1. The molecule has 0 aromatic carbocycles. The second-order valence-corrected chi connectivity index (χ2v) is 7.12. The third-order valence-corrected chi connectivity index (χ3v) is 4.40. The highest BCUT2D eigenvalue weighted by Crippen LogP contribution is 2.12. The maximum atomic E-state index is 11.4. The van der Waals surface area contributed by atoms with Gasteiger partial charge in [0.1, 0.15) is 0 Å². The summed E-state index contributed by atoms with van der Waals surface area (Å²) in [5.74, 6) is 1.04. The van der Waals surface area contributed by atoms with E-state index in [-0.39, 0.29) is 5.91 Å². The molecule has 0 aliphatic carbocycles. The van der Waals surface area contributed by atoms with Gasteiger partial charge < -0.3 is 10.2 Å². The van der Waals surface area contributed by atoms with Crippen molar-refractivity contribution in [3.63, 3.8) is 0 Å². The predicted octanol–water partition coefficient (Wildman–Crippen LogP) is 4.36. The van der Waals surface area contributed by atoms with Gasteiger partial charge in [0.25, 0.3) is 5.91 Å². The van der Waals surface area contributed by atoms with Crippen molar-refractivity contribution in [2.75, 3.05) is 26.5 Å². The first kappa shape index (κ1) is 26.8. The SMILES string of the molecule is C=C/C(C=O)=C\SCC.CCCCNC(=O)c1csc(C)c1.CNOC. The van der Waals surface area contributed by atoms with E-state index in [0.717, 1.165) is 37.0 Å². The number of hydrogen-bond donors (Lipinski definition) is 2. The third-order valence-electron chi connectivity index (χ3n) is 2.77. The Balaban J connectivity index is 0. The molecule has 0 radical (unpaired) electrons. The lowest BCUT2D eigenvalue weighted by Crippen LogP contribution is -2.23. The average Bonchev–Trinajstić information content (AvgIpc) is 3.10. The topological polar surface area (TPSA) is 67.4 Å². The Labute approximate surface area is 166 Å². The van der Waals surface area contributed by atoms with Crippen LogP contribution in [0.4, 0.5) is 0 Å². The van der Waals surface area contributed by atoms with Crippen molar-refractivity contribution in [1.82, 2.24) is 10.8 Å². The molecule has 0 fully saturated rings. The molecule has 0 atom stereocenters. The smallest absolute Gasteiger partial charge is 0.252 e. The first-order valence-electron chi connectivity index (χ1n) is 8.42. The molecule has 26 heavy (non-hydrogen) atoms. The van der Waals surface area contributed by atoms with Crippen LogP contribution in [0.2, 0.25) is 0 Å². The van der Waals surface area contributed by atoms with Gasteiger partial charge in [0.15, 0.2) is 6.29 Å². The monoisotopic (exact) mass is 400 g/mol. The molecule has 2 N–H and O–H groups in total. The second kappa shape index (κ2) is 19.9. The molecule has 1 aromatic heterocycles. The van der Waals surface area contributed by atoms with Crippen LogP contribution in [0.1, 0.15) is 41.9 Å². The lowest BCUT2D eigenvalue weighted by Gasteiger charge is -2.00. The number of aryl methyl sites for hydroxylation is 1. The Morgan fingerprint density at radius 2 is 2.08 bits per heavy atom. The van der Waals surface area contributed by atoms with Crippen LogP contribution in [-0.4, -0.2) is 38.6 Å². The van der Waals surface area contributed by atoms with Gasteiger partial charge in [-0.3, -0.25) is 9.59 Å². The number of allylic oxidation sites excluding steroid dienone is 2. The van der Waals surface area contributed by atoms with E-state index in [0.29, 0.717) is 5.57 Å². The highest BCUT2D eigenvalue weighted by Gasteiger charge is 2.05. The fourth-order valence-electron chi connectivity index (χ4n) is 1.35. The Morgan fingerprint density at radius 3 is 2.46 bits per heavy atom. The highest BCUT2D eigenvalue weighted by molar-refractivity contribution is 8.02. The van der Waals surface area contributed by atoms with E-state index in [4.69, 9.17) is 0 Å². The number of carbonyl (C=O) groups excluding carboxylic acids is 2. The minimum Gasteiger partial charge on any atom is -0.352 e. The number of thioether (sulfide) groups is 1. The fraction of sp³-hybridized carbons (Fsp3) is 0.474. The maximum absolute atomic E-state index is 11.4. The molecule has 7 heteroatoms. The number of amides is 1. The summed E-state index contributed by atoms with van der Waals surface area (Å²) < 4.78 is 0. The molecule has 148 valence electrons. The largest absolute Gasteiger partial charge is 0.352 e. The molecular weight excluding hydrogens is 368 g/mol. The van der Waals surface area contributed by atoms with Gasteiger partial charge in [-0.05, 0) is 30.6 Å². The van der Waals surface area contributed by atoms with Crippen LogP contribution in [0.3, 0.4) is 0 Å². The van der Waals surface area contributed by atoms with Gasteiger partial charge in [0.2, 0.25) is 0 Å². The Morgan fingerprint density at radius 1 is 1.42 bits per heavy atom. The Bertz CT molecular complexity index is 517. The molecule has 0 unspecified atom stereocenters. The van der Waals surface area contributed by atoms with Crippen molar-refractivity contribution >= 4 is 35.3 Å². The van der Waals surface area contributed by atoms with Crippen LogP contribution in [0.5, 0.6) is 0 Å². The van der Waals surface area contributed by atoms with Gasteiger partial charge in [0.05, 0.1) is 12.7 Å². The predicted molar refractivity (Wildman–Crippen MR) is 115 cm³/mol. The summed E-state index contributed by atoms with van der Waals surface area (Å²) in [4.78, 5) is 27.0. The molecule has 0 aliphatic rings. The summed E-state index contributed by atoms with van der Waals surface area (Å²) in [5, 5.41) is 6.59. The lowest BCUT2D eigenvalue weighted by atomic mass is 10.3. The van der Waals surface area contributed by atoms with Gasteiger partial charge in [0, 0.05) is 29.4 Å². The number of carbonyl (C=O) groups is 2. The summed E-state index contributed by atoms with van der Waals surface area (Å²) in [5.41, 5.74) is 3.88. The molecule has 0 spiro atoms. The van der Waals surface area contributed by atoms with Crippen LogP contribution < -0.4 is 10.8 Å². The fourth-order valence-corrected chi connectivity index (χ4v) is 2.54. The second-order valence-electron chi connectivity index (χ2n) is 4.86. The summed E-state index contributed by atoms with van der Waals surface area (Å²) in [6, 6.07) is 1.92. The van der Waals surface area contributed by atoms with Crippen molar-refractivity contribution in [2.24, 2.45) is 0 Å². The van der Waals surface area contributed by atoms with E-state index in [2.05, 4.69) is 29.1 Å². The first-order valence-corrected chi connectivity index (χ1v) is 10.4. The molecule has 1 rings (SSSR count). The molecule has 1 heterocycles. The van der Waals surface area contributed by atoms with E-state index in [9.17, 15) is 9.59 Å². The van der Waals surface area contributed by atoms with E-state index in [1.54, 1.807) is 48.7 Å². The molecule has 1 aromatic rings. The number of nitrogens with one attached hydrogen (secondary N) is 2. The Hall–Kier alpha value is -1.41. The molecule has 1 amide bonds. The minimum atomic E-state index is 0.0535. The van der Waals surface area contributed by atoms with Crippen LogP contribution in [-0.2, 0) is 9.63 Å². The van der Waals surface area contributed by atoms with Crippen molar-refractivity contribution in [1.29, 1.82) is 0 Å². The molecular formula is C19H32N2O3S2. The third kappa shape index (κ3) is 16.1. The molecule has 0 saturated carbocycles. The Kier molecular flexibility index (Phi) is 20.5. The van der Waals surface area contributed by atoms with Gasteiger partial charge in [-0.1, -0.05) is 32.9 Å². The van der Waals surface area contributed by atoms with Gasteiger partial charge in [-0.2, -0.15) is 0 Å². The summed E-state index contributed by atoms with van der Waals surface area (Å²) in [6.07, 6.45) is 4.52. The number of hydrogen-bond acceptors (Lipinski definition) is 6. The molecule has 0 saturated heterocycles. The van der Waals surface area contributed by atoms with E-state index >= 15 is 0 Å². The normalized spacial score (nSPS) is 9.96. The van der Waals surface area contributed by atoms with Crippen LogP contribution in [0.15, 0.2) is 35.1 Å². The molecule has 5 nitrogen and oxygen atoms in total. The average molecular weight is 401 g/mol. The van der Waals surface area contributed by atoms with E-state index < -0.39 is 0 Å². The summed E-state index contributed by atoms with van der Waals surface area (Å²) >= 11 is 3.21. The van der Waals surface area contributed by atoms with E-state index in [1.165, 1.54) is 4.88 Å². The van der Waals surface area contributed by atoms with Gasteiger partial charge in [-0.15, -0.1) is 23.1 Å². The van der Waals surface area contributed by atoms with Crippen molar-refractivity contribution in [3.05, 3.63) is 45.5 Å².